The first kappa shape index (κ1) is 8.30. The van der Waals surface area contributed by atoms with Gasteiger partial charge < -0.3 is 4.57 Å². The number of aromatic nitrogens is 1. The molecule has 1 rings (SSSR count). The van der Waals surface area contributed by atoms with Crippen LogP contribution in [0.5, 0.6) is 0 Å². The first-order chi connectivity index (χ1) is 5.69. The molecule has 62 valence electrons. The molecule has 1 heterocycles. The van der Waals surface area contributed by atoms with E-state index in [4.69, 9.17) is 10.5 Å². The molecule has 0 unspecified atom stereocenters. The van der Waals surface area contributed by atoms with Crippen molar-refractivity contribution in [3.05, 3.63) is 23.5 Å². The Morgan fingerprint density at radius 2 is 2.50 bits per heavy atom. The van der Waals surface area contributed by atoms with Gasteiger partial charge in [-0.2, -0.15) is 5.26 Å². The molecule has 0 saturated carbocycles. The van der Waals surface area contributed by atoms with Crippen LogP contribution in [0.4, 0.5) is 0 Å². The van der Waals surface area contributed by atoms with Crippen molar-refractivity contribution in [3.63, 3.8) is 0 Å². The third-order valence-electron chi connectivity index (χ3n) is 1.47. The topological polar surface area (TPSA) is 78.0 Å². The number of carbonyl (C=O) groups excluding carboxylic acids is 1. The summed E-state index contributed by atoms with van der Waals surface area (Å²) in [5.74, 6) is -0.626. The molecule has 0 aliphatic heterocycles. The zero-order chi connectivity index (χ0) is 9.14. The average molecular weight is 165 g/mol. The van der Waals surface area contributed by atoms with Crippen molar-refractivity contribution >= 4 is 5.91 Å². The first-order valence-corrected chi connectivity index (χ1v) is 3.20. The van der Waals surface area contributed by atoms with E-state index in [0.29, 0.717) is 5.56 Å². The van der Waals surface area contributed by atoms with Gasteiger partial charge in [0.2, 0.25) is 0 Å². The number of rotatable bonds is 1. The average Bonchev–Trinajstić information content (AvgIpc) is 2.45. The summed E-state index contributed by atoms with van der Waals surface area (Å²) < 4.78 is 1.46. The molecule has 0 radical (unpaired) electrons. The lowest BCUT2D eigenvalue weighted by molar-refractivity contribution is 0.0697. The van der Waals surface area contributed by atoms with Crippen LogP contribution in [0.1, 0.15) is 16.1 Å². The summed E-state index contributed by atoms with van der Waals surface area (Å²) in [5.41, 5.74) is 2.12. The van der Waals surface area contributed by atoms with Gasteiger partial charge in [-0.05, 0) is 6.07 Å². The Kier molecular flexibility index (Phi) is 2.12. The van der Waals surface area contributed by atoms with Crippen molar-refractivity contribution in [3.8, 4) is 6.07 Å². The van der Waals surface area contributed by atoms with Crippen molar-refractivity contribution < 1.29 is 10.0 Å². The summed E-state index contributed by atoms with van der Waals surface area (Å²) in [4.78, 5) is 10.9. The van der Waals surface area contributed by atoms with Gasteiger partial charge in [0.25, 0.3) is 5.91 Å². The number of hydrogen-bond donors (Lipinski definition) is 2. The van der Waals surface area contributed by atoms with E-state index in [2.05, 4.69) is 0 Å². The quantitative estimate of drug-likeness (QED) is 0.454. The number of carbonyl (C=O) groups is 1. The summed E-state index contributed by atoms with van der Waals surface area (Å²) in [6.45, 7) is 0. The van der Waals surface area contributed by atoms with E-state index < -0.39 is 5.91 Å². The molecular formula is C7H7N3O2. The summed E-state index contributed by atoms with van der Waals surface area (Å²) in [6, 6.07) is 3.28. The zero-order valence-electron chi connectivity index (χ0n) is 6.40. The lowest BCUT2D eigenvalue weighted by Crippen LogP contribution is -2.21. The van der Waals surface area contributed by atoms with Gasteiger partial charge in [-0.25, -0.2) is 5.48 Å². The first-order valence-electron chi connectivity index (χ1n) is 3.20. The maximum absolute atomic E-state index is 10.9. The van der Waals surface area contributed by atoms with E-state index in [1.165, 1.54) is 22.3 Å². The molecule has 1 amide bonds. The summed E-state index contributed by atoms with van der Waals surface area (Å²) in [6.07, 6.45) is 1.50. The van der Waals surface area contributed by atoms with Crippen LogP contribution in [0.25, 0.3) is 0 Å². The molecule has 0 fully saturated rings. The monoisotopic (exact) mass is 165 g/mol. The van der Waals surface area contributed by atoms with E-state index in [1.54, 1.807) is 7.05 Å². The maximum atomic E-state index is 10.9. The van der Waals surface area contributed by atoms with Crippen LogP contribution < -0.4 is 5.48 Å². The highest BCUT2D eigenvalue weighted by atomic mass is 16.5. The van der Waals surface area contributed by atoms with Crippen molar-refractivity contribution in [1.82, 2.24) is 10.0 Å². The van der Waals surface area contributed by atoms with Crippen LogP contribution in [0.3, 0.4) is 0 Å². The molecule has 0 spiro atoms. The molecule has 5 heteroatoms. The highest BCUT2D eigenvalue weighted by Gasteiger charge is 2.09. The normalized spacial score (nSPS) is 9.08. The Morgan fingerprint density at radius 1 is 1.83 bits per heavy atom. The summed E-state index contributed by atoms with van der Waals surface area (Å²) in [7, 11) is 1.62. The highest BCUT2D eigenvalue weighted by molar-refractivity contribution is 5.92. The second kappa shape index (κ2) is 3.07. The fraction of sp³-hybridized carbons (Fsp3) is 0.143. The Hall–Kier alpha value is -1.80. The largest absolute Gasteiger partial charge is 0.345 e. The van der Waals surface area contributed by atoms with Crippen molar-refractivity contribution in [1.29, 1.82) is 5.26 Å². The van der Waals surface area contributed by atoms with Crippen LogP contribution >= 0.6 is 0 Å². The Bertz CT molecular complexity index is 348. The molecule has 1 aromatic rings. The van der Waals surface area contributed by atoms with E-state index >= 15 is 0 Å². The van der Waals surface area contributed by atoms with Crippen LogP contribution in [0, 0.1) is 11.3 Å². The molecule has 0 bridgehead atoms. The molecular weight excluding hydrogens is 158 g/mol. The SMILES string of the molecule is Cn1cc(C#N)cc1C(=O)NO. The van der Waals surface area contributed by atoms with Crippen molar-refractivity contribution in [2.24, 2.45) is 7.05 Å². The van der Waals surface area contributed by atoms with Gasteiger partial charge in [-0.15, -0.1) is 0 Å². The third kappa shape index (κ3) is 1.28. The minimum Gasteiger partial charge on any atom is -0.345 e. The van der Waals surface area contributed by atoms with Gasteiger partial charge in [0.1, 0.15) is 11.8 Å². The molecule has 0 aliphatic carbocycles. The standard InChI is InChI=1S/C7H7N3O2/c1-10-4-5(3-8)2-6(10)7(11)9-12/h2,4,12H,1H3,(H,9,11). The molecule has 1 aromatic heterocycles. The van der Waals surface area contributed by atoms with Crippen LogP contribution in [-0.2, 0) is 7.05 Å². The van der Waals surface area contributed by atoms with Gasteiger partial charge in [0.15, 0.2) is 0 Å². The molecule has 2 N–H and O–H groups in total. The third-order valence-corrected chi connectivity index (χ3v) is 1.47. The maximum Gasteiger partial charge on any atom is 0.291 e. The molecule has 0 aliphatic rings. The Morgan fingerprint density at radius 3 is 2.92 bits per heavy atom. The van der Waals surface area contributed by atoms with Gasteiger partial charge >= 0.3 is 0 Å². The van der Waals surface area contributed by atoms with Crippen molar-refractivity contribution in [2.45, 2.75) is 0 Å². The van der Waals surface area contributed by atoms with Gasteiger partial charge in [0.05, 0.1) is 5.56 Å². The minimum absolute atomic E-state index is 0.244. The van der Waals surface area contributed by atoms with E-state index in [1.807, 2.05) is 6.07 Å². The number of aryl methyl sites for hydroxylation is 1. The number of nitrogens with one attached hydrogen (secondary N) is 1. The Labute approximate surface area is 68.8 Å². The minimum atomic E-state index is -0.626. The fourth-order valence-electron chi connectivity index (χ4n) is 0.909. The summed E-state index contributed by atoms with van der Waals surface area (Å²) >= 11 is 0. The number of hydroxylamine groups is 1. The van der Waals surface area contributed by atoms with E-state index in [0.717, 1.165) is 0 Å². The molecule has 5 nitrogen and oxygen atoms in total. The Balaban J connectivity index is 3.10. The predicted octanol–water partition coefficient (Wildman–Crippen LogP) is 0.0158. The smallest absolute Gasteiger partial charge is 0.291 e. The highest BCUT2D eigenvalue weighted by Crippen LogP contribution is 2.05. The number of hydrogen-bond acceptors (Lipinski definition) is 3. The van der Waals surface area contributed by atoms with Crippen LogP contribution in [-0.4, -0.2) is 15.7 Å². The second-order valence-electron chi connectivity index (χ2n) is 2.28. The number of nitrogens with zero attached hydrogens (tertiary/aromatic N) is 2. The molecule has 0 atom stereocenters. The second-order valence-corrected chi connectivity index (χ2v) is 2.28. The molecule has 12 heavy (non-hydrogen) atoms. The lowest BCUT2D eigenvalue weighted by atomic mass is 10.3. The fourth-order valence-corrected chi connectivity index (χ4v) is 0.909. The number of amides is 1. The molecule has 0 saturated heterocycles. The zero-order valence-corrected chi connectivity index (χ0v) is 6.40. The van der Waals surface area contributed by atoms with Gasteiger partial charge in [-0.3, -0.25) is 10.0 Å². The van der Waals surface area contributed by atoms with Gasteiger partial charge in [0, 0.05) is 13.2 Å². The van der Waals surface area contributed by atoms with E-state index in [-0.39, 0.29) is 5.69 Å². The van der Waals surface area contributed by atoms with Crippen molar-refractivity contribution in [2.75, 3.05) is 0 Å². The summed E-state index contributed by atoms with van der Waals surface area (Å²) in [5, 5.41) is 16.8. The molecule has 0 aromatic carbocycles. The van der Waals surface area contributed by atoms with Crippen LogP contribution in [0.15, 0.2) is 12.3 Å². The number of nitriles is 1. The van der Waals surface area contributed by atoms with Crippen LogP contribution in [0.2, 0.25) is 0 Å². The predicted molar refractivity (Wildman–Crippen MR) is 39.4 cm³/mol. The lowest BCUT2D eigenvalue weighted by Gasteiger charge is -1.97. The van der Waals surface area contributed by atoms with E-state index in [9.17, 15) is 4.79 Å². The van der Waals surface area contributed by atoms with Gasteiger partial charge in [-0.1, -0.05) is 0 Å².